The Balaban J connectivity index is 1.25. The molecular weight excluding hydrogens is 328 g/mol. The maximum Gasteiger partial charge on any atom is 0.226 e. The number of carbonyl (C=O) groups excluding carboxylic acids is 1. The lowest BCUT2D eigenvalue weighted by Gasteiger charge is -2.55. The molecular formula is C21H34N2O3. The summed E-state index contributed by atoms with van der Waals surface area (Å²) in [6, 6.07) is 0.402. The van der Waals surface area contributed by atoms with Gasteiger partial charge in [0.1, 0.15) is 0 Å². The summed E-state index contributed by atoms with van der Waals surface area (Å²) in [5, 5.41) is 3.44. The van der Waals surface area contributed by atoms with Crippen molar-refractivity contribution in [3.05, 3.63) is 0 Å². The number of morpholine rings is 1. The molecule has 6 aliphatic rings. The van der Waals surface area contributed by atoms with Crippen LogP contribution in [0.5, 0.6) is 0 Å². The number of ether oxygens (including phenoxy) is 2. The highest BCUT2D eigenvalue weighted by Gasteiger charge is 2.54. The molecule has 4 aliphatic carbocycles. The van der Waals surface area contributed by atoms with Crippen molar-refractivity contribution >= 4 is 5.91 Å². The molecule has 1 amide bonds. The molecule has 0 aromatic heterocycles. The molecule has 26 heavy (non-hydrogen) atoms. The van der Waals surface area contributed by atoms with Crippen LogP contribution < -0.4 is 5.32 Å². The summed E-state index contributed by atoms with van der Waals surface area (Å²) in [7, 11) is 0. The van der Waals surface area contributed by atoms with Gasteiger partial charge in [-0.3, -0.25) is 9.69 Å². The van der Waals surface area contributed by atoms with E-state index in [1.54, 1.807) is 0 Å². The van der Waals surface area contributed by atoms with Gasteiger partial charge in [0.05, 0.1) is 19.8 Å². The second kappa shape index (κ2) is 7.06. The Morgan fingerprint density at radius 2 is 1.65 bits per heavy atom. The van der Waals surface area contributed by atoms with Crippen molar-refractivity contribution in [2.45, 2.75) is 51.0 Å². The normalized spacial score (nSPS) is 43.5. The minimum Gasteiger partial charge on any atom is -0.381 e. The van der Waals surface area contributed by atoms with E-state index in [-0.39, 0.29) is 5.41 Å². The molecule has 2 heterocycles. The first-order valence-electron chi connectivity index (χ1n) is 10.9. The van der Waals surface area contributed by atoms with E-state index < -0.39 is 0 Å². The van der Waals surface area contributed by atoms with Crippen LogP contribution in [0.3, 0.4) is 0 Å². The molecule has 2 saturated heterocycles. The topological polar surface area (TPSA) is 50.8 Å². The van der Waals surface area contributed by atoms with Gasteiger partial charge >= 0.3 is 0 Å². The van der Waals surface area contributed by atoms with Crippen LogP contribution in [0.1, 0.15) is 44.9 Å². The van der Waals surface area contributed by atoms with Crippen LogP contribution in [-0.4, -0.2) is 62.9 Å². The largest absolute Gasteiger partial charge is 0.381 e. The minimum absolute atomic E-state index is 0.0313. The second-order valence-corrected chi connectivity index (χ2v) is 9.75. The summed E-state index contributed by atoms with van der Waals surface area (Å²) < 4.78 is 11.2. The van der Waals surface area contributed by atoms with Crippen molar-refractivity contribution in [3.63, 3.8) is 0 Å². The predicted molar refractivity (Wildman–Crippen MR) is 98.7 cm³/mol. The fourth-order valence-corrected chi connectivity index (χ4v) is 7.13. The van der Waals surface area contributed by atoms with E-state index in [2.05, 4.69) is 10.2 Å². The van der Waals surface area contributed by atoms with Gasteiger partial charge in [-0.05, 0) is 62.7 Å². The van der Waals surface area contributed by atoms with Gasteiger partial charge in [-0.25, -0.2) is 0 Å². The van der Waals surface area contributed by atoms with Crippen molar-refractivity contribution in [3.8, 4) is 0 Å². The number of hydrogen-bond donors (Lipinski definition) is 1. The van der Waals surface area contributed by atoms with Gasteiger partial charge in [0.15, 0.2) is 0 Å². The number of carbonyl (C=O) groups is 1. The summed E-state index contributed by atoms with van der Waals surface area (Å²) in [6.45, 7) is 6.08. The van der Waals surface area contributed by atoms with Crippen molar-refractivity contribution in [1.82, 2.24) is 10.2 Å². The Morgan fingerprint density at radius 1 is 1.00 bits per heavy atom. The summed E-state index contributed by atoms with van der Waals surface area (Å²) in [4.78, 5) is 15.8. The first-order chi connectivity index (χ1) is 12.7. The zero-order chi connectivity index (χ0) is 17.6. The van der Waals surface area contributed by atoms with Gasteiger partial charge in [-0.2, -0.15) is 0 Å². The average molecular weight is 363 g/mol. The van der Waals surface area contributed by atoms with Crippen molar-refractivity contribution in [2.24, 2.45) is 29.1 Å². The molecule has 1 N–H and O–H groups in total. The first kappa shape index (κ1) is 17.4. The molecule has 0 aromatic carbocycles. The zero-order valence-corrected chi connectivity index (χ0v) is 16.0. The van der Waals surface area contributed by atoms with E-state index in [0.717, 1.165) is 89.5 Å². The Morgan fingerprint density at radius 3 is 2.23 bits per heavy atom. The van der Waals surface area contributed by atoms with Gasteiger partial charge in [0.2, 0.25) is 5.91 Å². The van der Waals surface area contributed by atoms with Gasteiger partial charge < -0.3 is 14.8 Å². The lowest BCUT2D eigenvalue weighted by Crippen LogP contribution is -2.57. The molecule has 6 fully saturated rings. The van der Waals surface area contributed by atoms with Crippen LogP contribution >= 0.6 is 0 Å². The van der Waals surface area contributed by atoms with Gasteiger partial charge in [-0.1, -0.05) is 0 Å². The maximum atomic E-state index is 13.3. The highest BCUT2D eigenvalue weighted by Crippen LogP contribution is 2.60. The molecule has 2 unspecified atom stereocenters. The van der Waals surface area contributed by atoms with Crippen LogP contribution in [0.25, 0.3) is 0 Å². The van der Waals surface area contributed by atoms with Crippen LogP contribution in [0, 0.1) is 29.1 Å². The average Bonchev–Trinajstić information content (AvgIpc) is 3.16. The van der Waals surface area contributed by atoms with Crippen LogP contribution in [0.4, 0.5) is 0 Å². The molecule has 0 aromatic rings. The van der Waals surface area contributed by atoms with E-state index in [0.29, 0.717) is 17.9 Å². The number of hydrogen-bond acceptors (Lipinski definition) is 4. The summed E-state index contributed by atoms with van der Waals surface area (Å²) >= 11 is 0. The predicted octanol–water partition coefficient (Wildman–Crippen LogP) is 2.06. The molecule has 2 atom stereocenters. The Labute approximate surface area is 157 Å². The van der Waals surface area contributed by atoms with Crippen LogP contribution in [0.2, 0.25) is 0 Å². The van der Waals surface area contributed by atoms with Crippen molar-refractivity contribution in [1.29, 1.82) is 0 Å². The minimum atomic E-state index is -0.0313. The Kier molecular flexibility index (Phi) is 4.74. The number of rotatable bonds is 5. The maximum absolute atomic E-state index is 13.3. The Bertz CT molecular complexity index is 490. The standard InChI is InChI=1S/C21H34N2O3/c24-20(21-10-15-7-16(11-21)9-17(8-15)12-21)22-13-19(18-1-4-26-14-18)23-2-5-25-6-3-23/h15-19H,1-14H2,(H,22,24). The molecule has 4 saturated carbocycles. The van der Waals surface area contributed by atoms with Crippen LogP contribution in [-0.2, 0) is 14.3 Å². The third-order valence-corrected chi connectivity index (χ3v) is 8.02. The van der Waals surface area contributed by atoms with E-state index in [4.69, 9.17) is 9.47 Å². The molecule has 146 valence electrons. The summed E-state index contributed by atoms with van der Waals surface area (Å²) in [5.41, 5.74) is -0.0313. The SMILES string of the molecule is O=C(NCC(C1CCOC1)N1CCOCC1)C12CC3CC(CC(C3)C1)C2. The monoisotopic (exact) mass is 362 g/mol. The molecule has 4 bridgehead atoms. The molecule has 0 spiro atoms. The van der Waals surface area contributed by atoms with E-state index in [9.17, 15) is 4.79 Å². The number of nitrogens with one attached hydrogen (secondary N) is 1. The smallest absolute Gasteiger partial charge is 0.226 e. The molecule has 5 heteroatoms. The molecule has 6 rings (SSSR count). The quantitative estimate of drug-likeness (QED) is 0.813. The third kappa shape index (κ3) is 3.20. The third-order valence-electron chi connectivity index (χ3n) is 8.02. The lowest BCUT2D eigenvalue weighted by atomic mass is 9.49. The van der Waals surface area contributed by atoms with E-state index in [1.807, 2.05) is 0 Å². The highest BCUT2D eigenvalue weighted by molar-refractivity contribution is 5.83. The van der Waals surface area contributed by atoms with Crippen molar-refractivity contribution < 1.29 is 14.3 Å². The molecule has 2 aliphatic heterocycles. The number of nitrogens with zero attached hydrogens (tertiary/aromatic N) is 1. The van der Waals surface area contributed by atoms with E-state index >= 15 is 0 Å². The lowest BCUT2D eigenvalue weighted by molar-refractivity contribution is -0.146. The molecule has 5 nitrogen and oxygen atoms in total. The fourth-order valence-electron chi connectivity index (χ4n) is 7.13. The van der Waals surface area contributed by atoms with Gasteiger partial charge in [-0.15, -0.1) is 0 Å². The zero-order valence-electron chi connectivity index (χ0n) is 16.0. The second-order valence-electron chi connectivity index (χ2n) is 9.75. The van der Waals surface area contributed by atoms with Crippen molar-refractivity contribution in [2.75, 3.05) is 46.1 Å². The fraction of sp³-hybridized carbons (Fsp3) is 0.952. The number of amides is 1. The molecule has 0 radical (unpaired) electrons. The summed E-state index contributed by atoms with van der Waals surface area (Å²) in [6.07, 6.45) is 8.75. The van der Waals surface area contributed by atoms with Gasteiger partial charge in [0.25, 0.3) is 0 Å². The van der Waals surface area contributed by atoms with Gasteiger partial charge in [0, 0.05) is 43.6 Å². The first-order valence-corrected chi connectivity index (χ1v) is 10.9. The summed E-state index contributed by atoms with van der Waals surface area (Å²) in [5.74, 6) is 3.39. The van der Waals surface area contributed by atoms with Crippen LogP contribution in [0.15, 0.2) is 0 Å². The highest BCUT2D eigenvalue weighted by atomic mass is 16.5. The Hall–Kier alpha value is -0.650. The van der Waals surface area contributed by atoms with E-state index in [1.165, 1.54) is 19.3 Å².